The normalized spacial score (nSPS) is 23.0. The Morgan fingerprint density at radius 3 is 1.90 bits per heavy atom. The number of fused-ring (bicyclic) bond motifs is 13. The van der Waals surface area contributed by atoms with E-state index in [0.29, 0.717) is 17.8 Å². The van der Waals surface area contributed by atoms with Gasteiger partial charge in [-0.15, -0.1) is 0 Å². The van der Waals surface area contributed by atoms with Crippen LogP contribution in [0, 0.1) is 17.8 Å². The summed E-state index contributed by atoms with van der Waals surface area (Å²) in [6.07, 6.45) is 33.9. The first kappa shape index (κ1) is 34.8. The van der Waals surface area contributed by atoms with Crippen LogP contribution in [0.1, 0.15) is 79.3 Å². The molecule has 3 unspecified atom stereocenters. The fraction of sp³-hybridized carbons (Fsp3) is 0.207. The molecule has 0 aromatic heterocycles. The van der Waals surface area contributed by atoms with E-state index in [2.05, 4.69) is 201 Å². The molecule has 59 heavy (non-hydrogen) atoms. The van der Waals surface area contributed by atoms with E-state index in [-0.39, 0.29) is 5.41 Å². The van der Waals surface area contributed by atoms with Gasteiger partial charge in [-0.3, -0.25) is 0 Å². The van der Waals surface area contributed by atoms with Crippen molar-refractivity contribution in [2.75, 3.05) is 4.90 Å². The topological polar surface area (TPSA) is 3.24 Å². The predicted molar refractivity (Wildman–Crippen MR) is 247 cm³/mol. The van der Waals surface area contributed by atoms with Gasteiger partial charge in [-0.2, -0.15) is 0 Å². The molecule has 3 atom stereocenters. The molecule has 0 bridgehead atoms. The van der Waals surface area contributed by atoms with Crippen LogP contribution in [0.15, 0.2) is 199 Å². The second kappa shape index (κ2) is 13.2. The third-order valence-electron chi connectivity index (χ3n) is 14.9. The molecule has 0 N–H and O–H groups in total. The number of nitrogens with zero attached hydrogens (tertiary/aromatic N) is 1. The largest absolute Gasteiger partial charge is 0.311 e. The Morgan fingerprint density at radius 1 is 0.542 bits per heavy atom. The number of hydrogen-bond acceptors (Lipinski definition) is 1. The van der Waals surface area contributed by atoms with Gasteiger partial charge in [-0.05, 0) is 158 Å². The van der Waals surface area contributed by atoms with Crippen molar-refractivity contribution >= 4 is 16.9 Å². The molecule has 5 aromatic carbocycles. The van der Waals surface area contributed by atoms with E-state index in [1.54, 1.807) is 0 Å². The van der Waals surface area contributed by atoms with Gasteiger partial charge in [0.15, 0.2) is 0 Å². The van der Waals surface area contributed by atoms with Crippen LogP contribution in [0.3, 0.4) is 0 Å². The summed E-state index contributed by atoms with van der Waals surface area (Å²) in [5, 5.41) is 0. The molecule has 0 saturated heterocycles. The maximum atomic E-state index is 2.62. The van der Waals surface area contributed by atoms with Crippen LogP contribution in [-0.2, 0) is 10.8 Å². The lowest BCUT2D eigenvalue weighted by molar-refractivity contribution is 0.414. The first-order valence-electron chi connectivity index (χ1n) is 21.9. The van der Waals surface area contributed by atoms with Gasteiger partial charge in [0.25, 0.3) is 0 Å². The molecule has 0 fully saturated rings. The second-order valence-electron chi connectivity index (χ2n) is 18.2. The highest BCUT2D eigenvalue weighted by Gasteiger charge is 2.52. The Hall–Kier alpha value is -6.18. The standard InChI is InChI=1S/C58H49N/c1-57(2)51-25-13-9-24-48(51)50-36-42(30-32-52(50)57)59(44-34-40(38-17-5-3-6-18-38)33-41(35-44)39-19-7-4-8-20-39)43-29-31-49-47-23-12-16-28-55(47)58(56(49)37-43)53-26-14-10-21-45(53)46-22-11-15-27-54(46)58/h3-7,9-17,19,21-24,26-32,34-38,40,51H,8,18,20,25,33H2,1-2H3. The summed E-state index contributed by atoms with van der Waals surface area (Å²) >= 11 is 0. The Morgan fingerprint density at radius 2 is 1.20 bits per heavy atom. The van der Waals surface area contributed by atoms with Crippen LogP contribution in [-0.4, -0.2) is 0 Å². The molecule has 7 aliphatic rings. The van der Waals surface area contributed by atoms with Crippen molar-refractivity contribution < 1.29 is 0 Å². The van der Waals surface area contributed by atoms with Crippen LogP contribution in [0.4, 0.5) is 11.4 Å². The van der Waals surface area contributed by atoms with Crippen molar-refractivity contribution in [2.45, 2.75) is 56.8 Å². The summed E-state index contributed by atoms with van der Waals surface area (Å²) < 4.78 is 0. The van der Waals surface area contributed by atoms with Gasteiger partial charge in [0.1, 0.15) is 0 Å². The van der Waals surface area contributed by atoms with Crippen LogP contribution in [0.25, 0.3) is 27.8 Å². The highest BCUT2D eigenvalue weighted by atomic mass is 15.1. The quantitative estimate of drug-likeness (QED) is 0.169. The van der Waals surface area contributed by atoms with Crippen molar-refractivity contribution in [3.63, 3.8) is 0 Å². The number of benzene rings is 5. The molecule has 0 radical (unpaired) electrons. The fourth-order valence-electron chi connectivity index (χ4n) is 12.2. The fourth-order valence-corrected chi connectivity index (χ4v) is 12.2. The zero-order valence-electron chi connectivity index (χ0n) is 34.0. The van der Waals surface area contributed by atoms with Crippen molar-refractivity contribution in [1.82, 2.24) is 0 Å². The molecule has 0 heterocycles. The molecule has 12 rings (SSSR count). The molecule has 286 valence electrons. The summed E-state index contributed by atoms with van der Waals surface area (Å²) in [4.78, 5) is 2.62. The smallest absolute Gasteiger partial charge is 0.0726 e. The summed E-state index contributed by atoms with van der Waals surface area (Å²) in [6, 6.07) is 42.3. The number of hydrogen-bond donors (Lipinski definition) is 0. The molecule has 1 spiro atoms. The average molecular weight is 760 g/mol. The molecule has 1 heteroatoms. The Balaban J connectivity index is 1.11. The molecule has 0 saturated carbocycles. The molecule has 1 nitrogen and oxygen atoms in total. The lowest BCUT2D eigenvalue weighted by Crippen LogP contribution is -2.27. The molecule has 5 aromatic rings. The van der Waals surface area contributed by atoms with Crippen molar-refractivity contribution in [2.24, 2.45) is 17.8 Å². The maximum Gasteiger partial charge on any atom is 0.0726 e. The van der Waals surface area contributed by atoms with Gasteiger partial charge in [0.2, 0.25) is 0 Å². The SMILES string of the molecule is CC1(C)c2ccc(N(C3=CC(C4C=CC=CC4)CC(C4=CC=CCC4)=C3)c3ccc4c(c3)C3(c5ccccc5-c5ccccc53)c3ccccc3-4)cc2C2=CC=CCC21. The van der Waals surface area contributed by atoms with E-state index in [0.717, 1.165) is 32.1 Å². The monoisotopic (exact) mass is 759 g/mol. The van der Waals surface area contributed by atoms with Gasteiger partial charge in [-0.25, -0.2) is 0 Å². The Labute approximate surface area is 349 Å². The Kier molecular flexibility index (Phi) is 7.77. The first-order chi connectivity index (χ1) is 29.0. The average Bonchev–Trinajstić information content (AvgIpc) is 3.85. The van der Waals surface area contributed by atoms with Gasteiger partial charge in [0, 0.05) is 17.1 Å². The van der Waals surface area contributed by atoms with Crippen LogP contribution in [0.2, 0.25) is 0 Å². The summed E-state index contributed by atoms with van der Waals surface area (Å²) in [6.45, 7) is 4.90. The molecular formula is C58H49N. The number of anilines is 2. The Bertz CT molecular complexity index is 2790. The minimum atomic E-state index is -0.405. The van der Waals surface area contributed by atoms with Crippen LogP contribution < -0.4 is 4.90 Å². The van der Waals surface area contributed by atoms with Gasteiger partial charge >= 0.3 is 0 Å². The molecule has 0 aliphatic heterocycles. The van der Waals surface area contributed by atoms with E-state index in [4.69, 9.17) is 0 Å². The minimum absolute atomic E-state index is 0.0777. The van der Waals surface area contributed by atoms with Crippen molar-refractivity contribution in [1.29, 1.82) is 0 Å². The number of allylic oxidation sites excluding steroid dienone is 15. The van der Waals surface area contributed by atoms with Crippen LogP contribution >= 0.6 is 0 Å². The maximum absolute atomic E-state index is 2.62. The van der Waals surface area contributed by atoms with E-state index in [9.17, 15) is 0 Å². The second-order valence-corrected chi connectivity index (χ2v) is 18.2. The van der Waals surface area contributed by atoms with E-state index >= 15 is 0 Å². The molecule has 7 aliphatic carbocycles. The van der Waals surface area contributed by atoms with Gasteiger partial charge < -0.3 is 4.90 Å². The molecule has 0 amide bonds. The van der Waals surface area contributed by atoms with E-state index in [1.165, 1.54) is 89.4 Å². The molecular weight excluding hydrogens is 711 g/mol. The zero-order valence-corrected chi connectivity index (χ0v) is 34.0. The summed E-state index contributed by atoms with van der Waals surface area (Å²) in [5.41, 5.74) is 21.6. The number of rotatable bonds is 5. The third kappa shape index (κ3) is 5.04. The summed E-state index contributed by atoms with van der Waals surface area (Å²) in [5.74, 6) is 1.35. The van der Waals surface area contributed by atoms with E-state index < -0.39 is 5.41 Å². The lowest BCUT2D eigenvalue weighted by Gasteiger charge is -2.35. The third-order valence-corrected chi connectivity index (χ3v) is 14.9. The highest BCUT2D eigenvalue weighted by Crippen LogP contribution is 2.63. The van der Waals surface area contributed by atoms with Gasteiger partial charge in [-0.1, -0.05) is 166 Å². The van der Waals surface area contributed by atoms with Gasteiger partial charge in [0.05, 0.1) is 5.41 Å². The van der Waals surface area contributed by atoms with Crippen molar-refractivity contribution in [3.05, 3.63) is 232 Å². The lowest BCUT2D eigenvalue weighted by atomic mass is 9.70. The first-order valence-corrected chi connectivity index (χ1v) is 21.9. The van der Waals surface area contributed by atoms with Crippen LogP contribution in [0.5, 0.6) is 0 Å². The minimum Gasteiger partial charge on any atom is -0.311 e. The predicted octanol–water partition coefficient (Wildman–Crippen LogP) is 14.7. The van der Waals surface area contributed by atoms with E-state index in [1.807, 2.05) is 0 Å². The van der Waals surface area contributed by atoms with Crippen molar-refractivity contribution in [3.8, 4) is 22.3 Å². The summed E-state index contributed by atoms with van der Waals surface area (Å²) in [7, 11) is 0. The zero-order chi connectivity index (χ0) is 39.3. The highest BCUT2D eigenvalue weighted by molar-refractivity contribution is 5.96.